The molecule has 0 spiro atoms. The molecular formula is C14H20ClNO. The lowest BCUT2D eigenvalue weighted by Crippen LogP contribution is -2.28. The highest BCUT2D eigenvalue weighted by atomic mass is 35.5. The van der Waals surface area contributed by atoms with Gasteiger partial charge >= 0.3 is 0 Å². The molecule has 0 aromatic heterocycles. The Kier molecular flexibility index (Phi) is 4.30. The van der Waals surface area contributed by atoms with Crippen LogP contribution in [0, 0.1) is 0 Å². The van der Waals surface area contributed by atoms with Crippen molar-refractivity contribution in [1.82, 2.24) is 5.32 Å². The normalized spacial score (nSPS) is 20.3. The van der Waals surface area contributed by atoms with Gasteiger partial charge in [0.15, 0.2) is 0 Å². The molecule has 0 radical (unpaired) electrons. The highest BCUT2D eigenvalue weighted by Crippen LogP contribution is 2.34. The molecule has 1 aliphatic heterocycles. The first-order valence-corrected chi connectivity index (χ1v) is 6.71. The van der Waals surface area contributed by atoms with Crippen LogP contribution in [0.5, 0.6) is 5.75 Å². The van der Waals surface area contributed by atoms with E-state index in [-0.39, 0.29) is 0 Å². The third kappa shape index (κ3) is 2.75. The number of hydrogen-bond acceptors (Lipinski definition) is 2. The van der Waals surface area contributed by atoms with Crippen LogP contribution in [0.25, 0.3) is 0 Å². The van der Waals surface area contributed by atoms with E-state index < -0.39 is 0 Å². The largest absolute Gasteiger partial charge is 0.496 e. The summed E-state index contributed by atoms with van der Waals surface area (Å²) in [6.45, 7) is 4.28. The Morgan fingerprint density at radius 1 is 1.47 bits per heavy atom. The Balaban J connectivity index is 2.31. The van der Waals surface area contributed by atoms with E-state index in [1.54, 1.807) is 7.11 Å². The SMILES string of the molecule is CCc1c(Cl)cc(C2CCCNC2)cc1OC. The summed E-state index contributed by atoms with van der Waals surface area (Å²) in [6.07, 6.45) is 3.38. The van der Waals surface area contributed by atoms with Crippen molar-refractivity contribution >= 4 is 11.6 Å². The lowest BCUT2D eigenvalue weighted by molar-refractivity contribution is 0.407. The number of hydrogen-bond donors (Lipinski definition) is 1. The molecule has 1 aromatic carbocycles. The van der Waals surface area contributed by atoms with Gasteiger partial charge in [-0.25, -0.2) is 0 Å². The first-order chi connectivity index (χ1) is 8.26. The molecule has 0 saturated carbocycles. The van der Waals surface area contributed by atoms with Crippen LogP contribution in [0.1, 0.15) is 36.8 Å². The van der Waals surface area contributed by atoms with Crippen LogP contribution in [0.3, 0.4) is 0 Å². The molecule has 1 N–H and O–H groups in total. The zero-order valence-electron chi connectivity index (χ0n) is 10.6. The number of piperidine rings is 1. The molecule has 1 heterocycles. The number of benzene rings is 1. The predicted octanol–water partition coefficient (Wildman–Crippen LogP) is 3.38. The summed E-state index contributed by atoms with van der Waals surface area (Å²) in [7, 11) is 1.72. The molecule has 3 heteroatoms. The first kappa shape index (κ1) is 12.7. The van der Waals surface area contributed by atoms with Crippen molar-refractivity contribution in [1.29, 1.82) is 0 Å². The Morgan fingerprint density at radius 2 is 2.29 bits per heavy atom. The van der Waals surface area contributed by atoms with Gasteiger partial charge in [0.2, 0.25) is 0 Å². The molecule has 1 saturated heterocycles. The van der Waals surface area contributed by atoms with Gasteiger partial charge in [0.1, 0.15) is 5.75 Å². The average Bonchev–Trinajstić information content (AvgIpc) is 2.38. The van der Waals surface area contributed by atoms with Gasteiger partial charge in [-0.05, 0) is 49.4 Å². The topological polar surface area (TPSA) is 21.3 Å². The van der Waals surface area contributed by atoms with Crippen molar-refractivity contribution in [3.05, 3.63) is 28.3 Å². The van der Waals surface area contributed by atoms with Crippen LogP contribution in [0.2, 0.25) is 5.02 Å². The zero-order chi connectivity index (χ0) is 12.3. The molecule has 1 unspecified atom stereocenters. The second kappa shape index (κ2) is 5.74. The van der Waals surface area contributed by atoms with Gasteiger partial charge in [-0.1, -0.05) is 18.5 Å². The summed E-state index contributed by atoms with van der Waals surface area (Å²) in [5, 5.41) is 4.28. The van der Waals surface area contributed by atoms with Crippen molar-refractivity contribution in [3.8, 4) is 5.75 Å². The van der Waals surface area contributed by atoms with Gasteiger partial charge in [-0.3, -0.25) is 0 Å². The fourth-order valence-electron chi connectivity index (χ4n) is 2.53. The van der Waals surface area contributed by atoms with E-state index in [4.69, 9.17) is 16.3 Å². The molecule has 2 nitrogen and oxygen atoms in total. The van der Waals surface area contributed by atoms with Crippen LogP contribution in [-0.2, 0) is 6.42 Å². The van der Waals surface area contributed by atoms with Crippen LogP contribution in [0.15, 0.2) is 12.1 Å². The van der Waals surface area contributed by atoms with Crippen LogP contribution >= 0.6 is 11.6 Å². The monoisotopic (exact) mass is 253 g/mol. The summed E-state index contributed by atoms with van der Waals surface area (Å²) < 4.78 is 5.44. The minimum atomic E-state index is 0.570. The molecule has 94 valence electrons. The van der Waals surface area contributed by atoms with E-state index in [1.165, 1.54) is 18.4 Å². The summed E-state index contributed by atoms with van der Waals surface area (Å²) in [6, 6.07) is 4.27. The van der Waals surface area contributed by atoms with Crippen molar-refractivity contribution in [2.24, 2.45) is 0 Å². The second-order valence-electron chi connectivity index (χ2n) is 4.58. The van der Waals surface area contributed by atoms with E-state index in [9.17, 15) is 0 Å². The van der Waals surface area contributed by atoms with E-state index in [0.29, 0.717) is 5.92 Å². The Labute approximate surface area is 108 Å². The van der Waals surface area contributed by atoms with E-state index in [1.807, 2.05) is 0 Å². The minimum absolute atomic E-state index is 0.570. The van der Waals surface area contributed by atoms with Crippen molar-refractivity contribution in [2.75, 3.05) is 20.2 Å². The van der Waals surface area contributed by atoms with Crippen LogP contribution in [-0.4, -0.2) is 20.2 Å². The van der Waals surface area contributed by atoms with Gasteiger partial charge in [-0.2, -0.15) is 0 Å². The van der Waals surface area contributed by atoms with Crippen molar-refractivity contribution in [2.45, 2.75) is 32.1 Å². The second-order valence-corrected chi connectivity index (χ2v) is 4.99. The average molecular weight is 254 g/mol. The van der Waals surface area contributed by atoms with Crippen LogP contribution < -0.4 is 10.1 Å². The molecule has 1 fully saturated rings. The van der Waals surface area contributed by atoms with Crippen molar-refractivity contribution in [3.63, 3.8) is 0 Å². The van der Waals surface area contributed by atoms with Gasteiger partial charge in [0.25, 0.3) is 0 Å². The molecule has 1 aromatic rings. The van der Waals surface area contributed by atoms with E-state index >= 15 is 0 Å². The molecule has 0 bridgehead atoms. The summed E-state index contributed by atoms with van der Waals surface area (Å²) >= 11 is 6.33. The molecule has 2 rings (SSSR count). The van der Waals surface area contributed by atoms with E-state index in [2.05, 4.69) is 24.4 Å². The number of halogens is 1. The van der Waals surface area contributed by atoms with E-state index in [0.717, 1.165) is 35.8 Å². The summed E-state index contributed by atoms with van der Waals surface area (Å²) in [4.78, 5) is 0. The predicted molar refractivity (Wildman–Crippen MR) is 72.2 cm³/mol. The minimum Gasteiger partial charge on any atom is -0.496 e. The maximum Gasteiger partial charge on any atom is 0.123 e. The highest BCUT2D eigenvalue weighted by molar-refractivity contribution is 6.31. The molecule has 17 heavy (non-hydrogen) atoms. The van der Waals surface area contributed by atoms with Gasteiger partial charge in [-0.15, -0.1) is 0 Å². The molecular weight excluding hydrogens is 234 g/mol. The number of ether oxygens (including phenoxy) is 1. The van der Waals surface area contributed by atoms with Gasteiger partial charge in [0.05, 0.1) is 7.11 Å². The third-order valence-electron chi connectivity index (χ3n) is 3.52. The fraction of sp³-hybridized carbons (Fsp3) is 0.571. The molecule has 0 amide bonds. The molecule has 1 atom stereocenters. The Morgan fingerprint density at radius 3 is 2.88 bits per heavy atom. The lowest BCUT2D eigenvalue weighted by atomic mass is 9.90. The number of rotatable bonds is 3. The molecule has 1 aliphatic rings. The number of nitrogens with one attached hydrogen (secondary N) is 1. The Hall–Kier alpha value is -0.730. The van der Waals surface area contributed by atoms with Crippen molar-refractivity contribution < 1.29 is 4.74 Å². The van der Waals surface area contributed by atoms with Gasteiger partial charge < -0.3 is 10.1 Å². The third-order valence-corrected chi connectivity index (χ3v) is 3.86. The van der Waals surface area contributed by atoms with Gasteiger partial charge in [0, 0.05) is 17.1 Å². The van der Waals surface area contributed by atoms with Crippen LogP contribution in [0.4, 0.5) is 0 Å². The Bertz CT molecular complexity index is 386. The quantitative estimate of drug-likeness (QED) is 0.892. The highest BCUT2D eigenvalue weighted by Gasteiger charge is 2.18. The smallest absolute Gasteiger partial charge is 0.123 e. The summed E-state index contributed by atoms with van der Waals surface area (Å²) in [5.74, 6) is 1.50. The number of methoxy groups -OCH3 is 1. The standard InChI is InChI=1S/C14H20ClNO/c1-3-12-13(15)7-11(8-14(12)17-2)10-5-4-6-16-9-10/h7-8,10,16H,3-6,9H2,1-2H3. The maximum absolute atomic E-state index is 6.33. The zero-order valence-corrected chi connectivity index (χ0v) is 11.3. The molecule has 0 aliphatic carbocycles. The summed E-state index contributed by atoms with van der Waals surface area (Å²) in [5.41, 5.74) is 2.41. The fourth-order valence-corrected chi connectivity index (χ4v) is 2.88. The first-order valence-electron chi connectivity index (χ1n) is 6.33. The lowest BCUT2D eigenvalue weighted by Gasteiger charge is -2.24. The maximum atomic E-state index is 6.33.